The molecule has 2 heterocycles. The molecule has 6 N–H and O–H groups in total. The van der Waals surface area contributed by atoms with Crippen molar-refractivity contribution in [1.82, 2.24) is 15.2 Å². The smallest absolute Gasteiger partial charge is 0.320 e. The number of piperidine rings is 1. The first-order valence-corrected chi connectivity index (χ1v) is 10.2. The van der Waals surface area contributed by atoms with Gasteiger partial charge >= 0.3 is 5.97 Å². The van der Waals surface area contributed by atoms with Crippen LogP contribution in [0.4, 0.5) is 5.82 Å². The Morgan fingerprint density at radius 3 is 2.58 bits per heavy atom. The highest BCUT2D eigenvalue weighted by Gasteiger charge is 2.56. The van der Waals surface area contributed by atoms with E-state index in [1.807, 2.05) is 0 Å². The molecule has 1 fully saturated rings. The number of hydrogen-bond acceptors (Lipinski definition) is 6. The number of carboxylic acid groups (broad SMARTS) is 1. The first-order valence-electron chi connectivity index (χ1n) is 9.81. The summed E-state index contributed by atoms with van der Waals surface area (Å²) in [5.74, 6) is -2.55. The maximum absolute atomic E-state index is 13.6. The number of rotatable bonds is 7. The zero-order valence-corrected chi connectivity index (χ0v) is 17.5. The van der Waals surface area contributed by atoms with Crippen molar-refractivity contribution in [2.75, 3.05) is 12.3 Å². The standard InChI is InChI=1S/C21H24ClN5O4/c22-15-6-2-1-5-14(15)21(19(24)30,27-10-4-3-7-16(27)18(28)29)20(31)26-12-13-8-9-17(23)25-11-13/h1-2,5-6,8-9,11,16H,3-4,7,10,12H2,(H2,23,25)(H2,24,30)(H,26,31)(H,28,29)/t16-,21+/m1/s1. The van der Waals surface area contributed by atoms with Crippen molar-refractivity contribution in [3.63, 3.8) is 0 Å². The van der Waals surface area contributed by atoms with Gasteiger partial charge in [0.05, 0.1) is 0 Å². The maximum Gasteiger partial charge on any atom is 0.320 e. The van der Waals surface area contributed by atoms with E-state index < -0.39 is 29.4 Å². The SMILES string of the molecule is NC(=O)[C@](C(=O)NCc1ccc(N)nc1)(c1ccccc1Cl)N1CCCC[C@@H]1C(=O)O. The Balaban J connectivity index is 2.09. The molecule has 0 aliphatic carbocycles. The van der Waals surface area contributed by atoms with Gasteiger partial charge in [0.2, 0.25) is 5.54 Å². The number of aliphatic carboxylic acids is 1. The summed E-state index contributed by atoms with van der Waals surface area (Å²) in [7, 11) is 0. The zero-order valence-electron chi connectivity index (χ0n) is 16.8. The second kappa shape index (κ2) is 9.32. The monoisotopic (exact) mass is 445 g/mol. The van der Waals surface area contributed by atoms with Crippen LogP contribution < -0.4 is 16.8 Å². The number of carbonyl (C=O) groups is 3. The number of carboxylic acids is 1. The number of primary amides is 1. The van der Waals surface area contributed by atoms with Gasteiger partial charge < -0.3 is 21.9 Å². The van der Waals surface area contributed by atoms with Crippen molar-refractivity contribution in [3.8, 4) is 0 Å². The molecule has 2 amide bonds. The Kier molecular flexibility index (Phi) is 6.77. The Bertz CT molecular complexity index is 984. The van der Waals surface area contributed by atoms with Crippen LogP contribution in [0.25, 0.3) is 0 Å². The molecule has 2 aromatic rings. The van der Waals surface area contributed by atoms with E-state index in [0.717, 1.165) is 0 Å². The molecule has 1 aromatic heterocycles. The predicted molar refractivity (Wildman–Crippen MR) is 115 cm³/mol. The van der Waals surface area contributed by atoms with Gasteiger partial charge in [0.25, 0.3) is 11.8 Å². The number of hydrogen-bond donors (Lipinski definition) is 4. The summed E-state index contributed by atoms with van der Waals surface area (Å²) < 4.78 is 0. The normalized spacial score (nSPS) is 18.7. The number of nitrogen functional groups attached to an aromatic ring is 1. The molecule has 0 saturated carbocycles. The average Bonchev–Trinajstić information content (AvgIpc) is 2.75. The van der Waals surface area contributed by atoms with Gasteiger partial charge in [0, 0.05) is 29.9 Å². The fourth-order valence-corrected chi connectivity index (χ4v) is 4.26. The van der Waals surface area contributed by atoms with Crippen LogP contribution >= 0.6 is 11.6 Å². The summed E-state index contributed by atoms with van der Waals surface area (Å²) >= 11 is 6.39. The Hall–Kier alpha value is -3.17. The lowest BCUT2D eigenvalue weighted by Gasteiger charge is -2.45. The van der Waals surface area contributed by atoms with Crippen LogP contribution in [0.1, 0.15) is 30.4 Å². The van der Waals surface area contributed by atoms with Crippen molar-refractivity contribution in [1.29, 1.82) is 0 Å². The van der Waals surface area contributed by atoms with Gasteiger partial charge in [-0.3, -0.25) is 19.3 Å². The zero-order chi connectivity index (χ0) is 22.6. The highest BCUT2D eigenvalue weighted by Crippen LogP contribution is 2.38. The minimum atomic E-state index is -2.09. The Labute approximate surface area is 184 Å². The fraction of sp³-hybridized carbons (Fsp3) is 0.333. The lowest BCUT2D eigenvalue weighted by Crippen LogP contribution is -2.67. The van der Waals surface area contributed by atoms with Crippen LogP contribution in [0.5, 0.6) is 0 Å². The van der Waals surface area contributed by atoms with Gasteiger partial charge in [-0.2, -0.15) is 0 Å². The van der Waals surface area contributed by atoms with Crippen molar-refractivity contribution in [2.24, 2.45) is 5.73 Å². The molecule has 9 nitrogen and oxygen atoms in total. The number of pyridine rings is 1. The van der Waals surface area contributed by atoms with Crippen molar-refractivity contribution < 1.29 is 19.5 Å². The highest BCUT2D eigenvalue weighted by atomic mass is 35.5. The topological polar surface area (TPSA) is 152 Å². The first-order chi connectivity index (χ1) is 14.8. The first kappa shape index (κ1) is 22.5. The van der Waals surface area contributed by atoms with Gasteiger partial charge in [-0.25, -0.2) is 4.98 Å². The average molecular weight is 446 g/mol. The summed E-state index contributed by atoms with van der Waals surface area (Å²) in [6, 6.07) is 8.53. The second-order valence-electron chi connectivity index (χ2n) is 7.37. The maximum atomic E-state index is 13.6. The van der Waals surface area contributed by atoms with E-state index in [1.54, 1.807) is 24.3 Å². The number of aromatic nitrogens is 1. The molecule has 31 heavy (non-hydrogen) atoms. The minimum absolute atomic E-state index is 0.0389. The van der Waals surface area contributed by atoms with E-state index in [1.165, 1.54) is 23.2 Å². The third-order valence-electron chi connectivity index (χ3n) is 5.47. The lowest BCUT2D eigenvalue weighted by molar-refractivity contribution is -0.158. The molecule has 1 aliphatic heterocycles. The van der Waals surface area contributed by atoms with E-state index in [9.17, 15) is 19.5 Å². The number of benzene rings is 1. The molecular formula is C21H24ClN5O4. The fourth-order valence-electron chi connectivity index (χ4n) is 3.99. The summed E-state index contributed by atoms with van der Waals surface area (Å²) in [5.41, 5.74) is 10.1. The highest BCUT2D eigenvalue weighted by molar-refractivity contribution is 6.32. The molecule has 3 rings (SSSR count). The molecule has 0 unspecified atom stereocenters. The van der Waals surface area contributed by atoms with E-state index in [-0.39, 0.29) is 30.1 Å². The predicted octanol–water partition coefficient (Wildman–Crippen LogP) is 1.25. The molecule has 0 radical (unpaired) electrons. The van der Waals surface area contributed by atoms with Crippen molar-refractivity contribution >= 4 is 35.2 Å². The number of halogens is 1. The van der Waals surface area contributed by atoms with Crippen molar-refractivity contribution in [3.05, 3.63) is 58.7 Å². The van der Waals surface area contributed by atoms with Gasteiger partial charge in [-0.1, -0.05) is 42.3 Å². The van der Waals surface area contributed by atoms with Crippen LogP contribution in [0, 0.1) is 0 Å². The van der Waals surface area contributed by atoms with Crippen LogP contribution in [0.15, 0.2) is 42.6 Å². The molecule has 10 heteroatoms. The number of anilines is 1. The molecule has 0 spiro atoms. The number of nitrogens with zero attached hydrogens (tertiary/aromatic N) is 2. The molecule has 0 bridgehead atoms. The third kappa shape index (κ3) is 4.33. The summed E-state index contributed by atoms with van der Waals surface area (Å²) in [5, 5.41) is 12.7. The Morgan fingerprint density at radius 1 is 1.23 bits per heavy atom. The molecular weight excluding hydrogens is 422 g/mol. The molecule has 1 aromatic carbocycles. The molecule has 164 valence electrons. The van der Waals surface area contributed by atoms with Crippen LogP contribution in [-0.4, -0.2) is 45.4 Å². The molecule has 2 atom stereocenters. The van der Waals surface area contributed by atoms with E-state index in [2.05, 4.69) is 10.3 Å². The number of amides is 2. The second-order valence-corrected chi connectivity index (χ2v) is 7.78. The number of likely N-dealkylation sites (tertiary alicyclic amines) is 1. The van der Waals surface area contributed by atoms with Gasteiger partial charge in [-0.15, -0.1) is 0 Å². The third-order valence-corrected chi connectivity index (χ3v) is 5.80. The lowest BCUT2D eigenvalue weighted by atomic mass is 9.82. The summed E-state index contributed by atoms with van der Waals surface area (Å²) in [4.78, 5) is 43.9. The van der Waals surface area contributed by atoms with E-state index in [0.29, 0.717) is 24.2 Å². The summed E-state index contributed by atoms with van der Waals surface area (Å²) in [6.45, 7) is 0.235. The Morgan fingerprint density at radius 2 is 1.97 bits per heavy atom. The van der Waals surface area contributed by atoms with Crippen molar-refractivity contribution in [2.45, 2.75) is 37.4 Å². The van der Waals surface area contributed by atoms with Gasteiger partial charge in [0.15, 0.2) is 0 Å². The van der Waals surface area contributed by atoms with Crippen LogP contribution in [0.3, 0.4) is 0 Å². The van der Waals surface area contributed by atoms with Gasteiger partial charge in [-0.05, 0) is 30.5 Å². The largest absolute Gasteiger partial charge is 0.480 e. The van der Waals surface area contributed by atoms with Crippen LogP contribution in [0.2, 0.25) is 5.02 Å². The quantitative estimate of drug-likeness (QED) is 0.468. The van der Waals surface area contributed by atoms with Gasteiger partial charge in [0.1, 0.15) is 11.9 Å². The van der Waals surface area contributed by atoms with E-state index >= 15 is 0 Å². The van der Waals surface area contributed by atoms with Crippen LogP contribution in [-0.2, 0) is 26.5 Å². The number of carbonyl (C=O) groups excluding carboxylic acids is 2. The molecule has 1 saturated heterocycles. The minimum Gasteiger partial charge on any atom is -0.480 e. The molecule has 1 aliphatic rings. The number of nitrogens with one attached hydrogen (secondary N) is 1. The number of nitrogens with two attached hydrogens (primary N) is 2. The summed E-state index contributed by atoms with van der Waals surface area (Å²) in [6.07, 6.45) is 3.05. The van der Waals surface area contributed by atoms with E-state index in [4.69, 9.17) is 23.1 Å².